The van der Waals surface area contributed by atoms with Crippen LogP contribution in [0.1, 0.15) is 112 Å². The Bertz CT molecular complexity index is 5150. The summed E-state index contributed by atoms with van der Waals surface area (Å²) in [6, 6.07) is 21.0. The lowest BCUT2D eigenvalue weighted by atomic mass is 9.91. The molecule has 0 saturated heterocycles. The third-order valence-electron chi connectivity index (χ3n) is 17.7. The predicted molar refractivity (Wildman–Crippen MR) is 348 cm³/mol. The van der Waals surface area contributed by atoms with Crippen molar-refractivity contribution in [2.45, 2.75) is 89.1 Å². The lowest BCUT2D eigenvalue weighted by Crippen LogP contribution is -2.26. The first kappa shape index (κ1) is 62.5. The van der Waals surface area contributed by atoms with Crippen LogP contribution in [0, 0.1) is 141 Å². The lowest BCUT2D eigenvalue weighted by Gasteiger charge is -2.22. The van der Waals surface area contributed by atoms with Crippen molar-refractivity contribution in [2.75, 3.05) is 0 Å². The van der Waals surface area contributed by atoms with Crippen LogP contribution >= 0.6 is 0 Å². The van der Waals surface area contributed by atoms with Gasteiger partial charge in [-0.1, -0.05) is 76.9 Å². The number of aryl methyl sites for hydroxylation is 12. The van der Waals surface area contributed by atoms with Gasteiger partial charge in [-0.2, -0.15) is 0 Å². The van der Waals surface area contributed by atoms with E-state index >= 15 is 43.9 Å². The fraction of sp³-hybridized carbons (Fsp3) is 0.167. The third kappa shape index (κ3) is 10.2. The topological polar surface area (TPSA) is 75.4 Å². The normalized spacial score (nSPS) is 20.4. The van der Waals surface area contributed by atoms with E-state index in [-0.39, 0.29) is 56.6 Å². The number of aliphatic imine (C=N–C) groups is 3. The Labute approximate surface area is 535 Å². The van der Waals surface area contributed by atoms with Crippen molar-refractivity contribution in [2.24, 2.45) is 15.0 Å². The van der Waals surface area contributed by atoms with Crippen LogP contribution in [0.15, 0.2) is 168 Å². The van der Waals surface area contributed by atoms with Gasteiger partial charge in [0, 0.05) is 22.4 Å². The van der Waals surface area contributed by atoms with E-state index in [0.29, 0.717) is 50.2 Å². The van der Waals surface area contributed by atoms with Gasteiger partial charge in [-0.15, -0.1) is 0 Å². The Balaban J connectivity index is 1.21. The average molecular weight is 1270 g/mol. The molecule has 0 aliphatic carbocycles. The Kier molecular flexibility index (Phi) is 15.5. The molecule has 0 spiro atoms. The zero-order valence-electron chi connectivity index (χ0n) is 53.1. The summed E-state index contributed by atoms with van der Waals surface area (Å²) < 4.78 is 175. The number of rotatable bonds is 6. The highest BCUT2D eigenvalue weighted by Crippen LogP contribution is 2.45. The minimum Gasteiger partial charge on any atom is -0.456 e. The molecule has 1 N–H and O–H groups in total. The molecule has 5 aliphatic rings. The maximum absolute atomic E-state index is 16.8. The summed E-state index contributed by atoms with van der Waals surface area (Å²) in [6.07, 6.45) is 12.1. The van der Waals surface area contributed by atoms with E-state index in [2.05, 4.69) is 5.32 Å². The molecule has 6 nitrogen and oxygen atoms in total. The van der Waals surface area contributed by atoms with E-state index in [1.807, 2.05) is 132 Å². The van der Waals surface area contributed by atoms with Crippen molar-refractivity contribution in [3.63, 3.8) is 0 Å². The Hall–Kier alpha value is -10.4. The number of furan rings is 2. The zero-order valence-corrected chi connectivity index (χ0v) is 53.1. The molecule has 5 aliphatic heterocycles. The highest BCUT2D eigenvalue weighted by molar-refractivity contribution is 6.35. The van der Waals surface area contributed by atoms with Crippen LogP contribution in [-0.2, 0) is 0 Å². The number of hydrogen-bond acceptors (Lipinski definition) is 6. The molecule has 1 atom stereocenters. The van der Waals surface area contributed by atoms with Crippen molar-refractivity contribution in [1.29, 1.82) is 0 Å². The van der Waals surface area contributed by atoms with E-state index < -0.39 is 86.5 Å². The van der Waals surface area contributed by atoms with Crippen LogP contribution < -0.4 is 16.1 Å². The summed E-state index contributed by atoms with van der Waals surface area (Å²) in [4.78, 5) is 15.2. The molecule has 0 fully saturated rings. The van der Waals surface area contributed by atoms with Crippen LogP contribution in [-0.4, -0.2) is 23.2 Å². The summed E-state index contributed by atoms with van der Waals surface area (Å²) in [5.41, 5.74) is 10.8. The van der Waals surface area contributed by atoms with Crippen molar-refractivity contribution in [1.82, 2.24) is 5.32 Å². The van der Waals surface area contributed by atoms with Crippen LogP contribution in [0.2, 0.25) is 0 Å². The number of allylic oxidation sites excluding steroid dienone is 8. The number of nitrogens with zero attached hydrogens (tertiary/aromatic N) is 3. The van der Waals surface area contributed by atoms with Crippen LogP contribution in [0.25, 0.3) is 33.4 Å². The van der Waals surface area contributed by atoms with Gasteiger partial charge in [0.2, 0.25) is 11.6 Å². The van der Waals surface area contributed by atoms with Crippen molar-refractivity contribution >= 4 is 50.6 Å². The molecule has 1 unspecified atom stereocenters. The second-order valence-corrected chi connectivity index (χ2v) is 24.6. The quantitative estimate of drug-likeness (QED) is 0.102. The molecular formula is C78H58F10N4O2. The van der Waals surface area contributed by atoms with Crippen LogP contribution in [0.5, 0.6) is 0 Å². The van der Waals surface area contributed by atoms with Gasteiger partial charge in [-0.3, -0.25) is 0 Å². The van der Waals surface area contributed by atoms with E-state index in [0.717, 1.165) is 66.8 Å². The summed E-state index contributed by atoms with van der Waals surface area (Å²) >= 11 is 0. The van der Waals surface area contributed by atoms with E-state index in [9.17, 15) is 0 Å². The van der Waals surface area contributed by atoms with Crippen molar-refractivity contribution < 1.29 is 52.7 Å². The van der Waals surface area contributed by atoms with E-state index in [1.54, 1.807) is 54.6 Å². The third-order valence-corrected chi connectivity index (χ3v) is 17.7. The molecule has 16 heteroatoms. The lowest BCUT2D eigenvalue weighted by molar-refractivity contribution is 0.376. The summed E-state index contributed by atoms with van der Waals surface area (Å²) in [7, 11) is 0. The molecule has 7 heterocycles. The van der Waals surface area contributed by atoms with Crippen molar-refractivity contribution in [3.05, 3.63) is 325 Å². The SMILES string of the molecule is Cc1cc(C)c(/C2=C3\C=CC(=N3)/C(c3c(F)c(F)c(F)c(F)c3F)=C3/C=CC(=N3)/C(c3c(C)cc(C)cc3C)=c3/cc/c(o3)=C(\c3c(C)cc(C)cc3C)C3=N/C(=C(\c4c(F)c(F)c(F)c(F)c4F)C4C=C/C(=C(\c5c(C)cc(C)cc5C)c5ccc2o5)N4)C=C3)c(C)c1. The minimum absolute atomic E-state index is 0.147. The molecular weight excluding hydrogens is 1210 g/mol. The maximum atomic E-state index is 16.8. The average Bonchev–Trinajstić information content (AvgIpc) is 1.55. The maximum Gasteiger partial charge on any atom is 0.200 e. The van der Waals surface area contributed by atoms with Gasteiger partial charge in [-0.05, 0) is 217 Å². The predicted octanol–water partition coefficient (Wildman–Crippen LogP) is 18.0. The number of nitrogens with one attached hydrogen (secondary N) is 1. The van der Waals surface area contributed by atoms with Gasteiger partial charge < -0.3 is 14.2 Å². The number of fused-ring (bicyclic) bond motifs is 9. The Morgan fingerprint density at radius 1 is 0.309 bits per heavy atom. The minimum atomic E-state index is -2.36. The monoisotopic (exact) mass is 1270 g/mol. The van der Waals surface area contributed by atoms with E-state index in [1.165, 1.54) is 18.2 Å². The summed E-state index contributed by atoms with van der Waals surface area (Å²) in [5.74, 6) is -21.4. The van der Waals surface area contributed by atoms with Crippen molar-refractivity contribution in [3.8, 4) is 0 Å². The van der Waals surface area contributed by atoms with E-state index in [4.69, 9.17) is 23.8 Å². The van der Waals surface area contributed by atoms with Crippen LogP contribution in [0.3, 0.4) is 0 Å². The van der Waals surface area contributed by atoms with Crippen LogP contribution in [0.4, 0.5) is 43.9 Å². The number of halogens is 10. The van der Waals surface area contributed by atoms with Gasteiger partial charge in [0.15, 0.2) is 46.5 Å². The zero-order chi connectivity index (χ0) is 66.9. The Morgan fingerprint density at radius 3 is 1.04 bits per heavy atom. The second kappa shape index (κ2) is 23.3. The Morgan fingerprint density at radius 2 is 0.628 bits per heavy atom. The fourth-order valence-corrected chi connectivity index (χ4v) is 14.2. The molecule has 13 rings (SSSR count). The first-order valence-electron chi connectivity index (χ1n) is 30.3. The molecule has 472 valence electrons. The molecule has 0 saturated carbocycles. The van der Waals surface area contributed by atoms with Gasteiger partial charge in [0.25, 0.3) is 0 Å². The number of benzene rings is 6. The van der Waals surface area contributed by atoms with Gasteiger partial charge in [-0.25, -0.2) is 58.9 Å². The standard InChI is InChI=1S/C78H58F10N4O2/c1-33-25-37(5)57(38(6)26-33)63-49-17-13-45(89-49)61(67-69(79)73(83)77(87)74(84)70(67)80)46-14-19-51(90-46)65(59-41(9)29-35(3)30-42(59)10)55-23-24-56(94-55)66(60-43(11)31-36(4)32-44(60)12)52-20-16-48(92-52)62(68-71(81)75(85)78(88)76(86)72(68)82)47-15-18-50(91-47)64(54-22-21-53(63)93-54)58-39(7)27-34(2)28-40(58)8/h13-32,45,89H,1-12H3/b61-46-,62-48+,63-49+,64-50+,65-55+,66-56+. The molecule has 12 bridgehead atoms. The largest absolute Gasteiger partial charge is 0.456 e. The first-order chi connectivity index (χ1) is 44.7. The molecule has 2 aromatic heterocycles. The van der Waals surface area contributed by atoms with Gasteiger partial charge >= 0.3 is 0 Å². The highest BCUT2D eigenvalue weighted by atomic mass is 19.2. The molecule has 6 aromatic carbocycles. The molecule has 0 amide bonds. The number of hydrogen-bond donors (Lipinski definition) is 1. The fourth-order valence-electron chi connectivity index (χ4n) is 14.2. The van der Waals surface area contributed by atoms with Gasteiger partial charge in [0.05, 0.1) is 68.1 Å². The summed E-state index contributed by atoms with van der Waals surface area (Å²) in [6.45, 7) is 22.7. The van der Waals surface area contributed by atoms with Gasteiger partial charge in [0.1, 0.15) is 22.4 Å². The highest BCUT2D eigenvalue weighted by Gasteiger charge is 2.38. The molecule has 0 radical (unpaired) electrons. The second-order valence-electron chi connectivity index (χ2n) is 24.6. The first-order valence-corrected chi connectivity index (χ1v) is 30.3. The molecule has 94 heavy (non-hydrogen) atoms. The molecule has 8 aromatic rings. The smallest absolute Gasteiger partial charge is 0.200 e. The summed E-state index contributed by atoms with van der Waals surface area (Å²) in [5, 5.41) is 3.39.